The maximum absolute atomic E-state index is 11.7. The number of hydrogen-bond donors (Lipinski definition) is 4. The van der Waals surface area contributed by atoms with Crippen LogP contribution >= 0.6 is 0 Å². The molecule has 1 saturated carbocycles. The number of rotatable bonds is 8. The highest BCUT2D eigenvalue weighted by Crippen LogP contribution is 2.26. The first kappa shape index (κ1) is 17.2. The van der Waals surface area contributed by atoms with Gasteiger partial charge in [0.25, 0.3) is 0 Å². The van der Waals surface area contributed by atoms with E-state index in [1.165, 1.54) is 0 Å². The lowest BCUT2D eigenvalue weighted by atomic mass is 9.84. The first-order chi connectivity index (χ1) is 10.0. The second kappa shape index (κ2) is 9.17. The van der Waals surface area contributed by atoms with Crippen molar-refractivity contribution in [2.45, 2.75) is 38.1 Å². The number of carbonyl (C=O) groups excluding carboxylic acids is 2. The third-order valence-electron chi connectivity index (χ3n) is 3.45. The lowest BCUT2D eigenvalue weighted by Gasteiger charge is -2.28. The smallest absolute Gasteiger partial charge is 0.326 e. The summed E-state index contributed by atoms with van der Waals surface area (Å²) in [5.41, 5.74) is 4.89. The number of urea groups is 1. The van der Waals surface area contributed by atoms with E-state index in [9.17, 15) is 19.5 Å². The highest BCUT2D eigenvalue weighted by molar-refractivity contribution is 5.82. The summed E-state index contributed by atoms with van der Waals surface area (Å²) in [6.45, 7) is 0.108. The molecule has 0 aromatic rings. The van der Waals surface area contributed by atoms with E-state index in [2.05, 4.69) is 10.6 Å². The van der Waals surface area contributed by atoms with Gasteiger partial charge in [0.1, 0.15) is 12.6 Å². The van der Waals surface area contributed by atoms with Crippen molar-refractivity contribution in [2.24, 2.45) is 11.7 Å². The second-order valence-corrected chi connectivity index (χ2v) is 5.13. The van der Waals surface area contributed by atoms with Crippen LogP contribution in [-0.4, -0.2) is 48.8 Å². The summed E-state index contributed by atoms with van der Waals surface area (Å²) in [5, 5.41) is 14.2. The number of carboxylic acid groups (broad SMARTS) is 1. The Kier molecular flexibility index (Phi) is 7.52. The van der Waals surface area contributed by atoms with Gasteiger partial charge < -0.3 is 26.2 Å². The molecule has 1 fully saturated rings. The molecule has 3 amide bonds. The predicted octanol–water partition coefficient (Wildman–Crippen LogP) is -0.179. The van der Waals surface area contributed by atoms with Gasteiger partial charge in [0.05, 0.1) is 6.61 Å². The first-order valence-corrected chi connectivity index (χ1v) is 7.14. The first-order valence-electron chi connectivity index (χ1n) is 7.14. The molecule has 0 bridgehead atoms. The van der Waals surface area contributed by atoms with Crippen LogP contribution in [0.1, 0.15) is 32.1 Å². The molecule has 1 rings (SSSR count). The molecule has 0 radical (unpaired) electrons. The van der Waals surface area contributed by atoms with E-state index >= 15 is 0 Å². The molecule has 0 aliphatic heterocycles. The second-order valence-electron chi connectivity index (χ2n) is 5.13. The summed E-state index contributed by atoms with van der Waals surface area (Å²) in [6.07, 6.45) is 4.75. The molecule has 0 saturated heterocycles. The van der Waals surface area contributed by atoms with Crippen molar-refractivity contribution in [3.8, 4) is 0 Å². The third-order valence-corrected chi connectivity index (χ3v) is 3.45. The van der Waals surface area contributed by atoms with Gasteiger partial charge in [0.15, 0.2) is 0 Å². The Bertz CT molecular complexity index is 369. The number of primary amides is 1. The number of amides is 3. The molecule has 5 N–H and O–H groups in total. The van der Waals surface area contributed by atoms with Crippen LogP contribution in [0.4, 0.5) is 4.79 Å². The lowest BCUT2D eigenvalue weighted by Crippen LogP contribution is -2.50. The molecule has 1 aliphatic carbocycles. The maximum Gasteiger partial charge on any atom is 0.326 e. The van der Waals surface area contributed by atoms with Gasteiger partial charge in [0, 0.05) is 6.54 Å². The number of carboxylic acids is 1. The molecule has 0 heterocycles. The fourth-order valence-corrected chi connectivity index (χ4v) is 2.45. The van der Waals surface area contributed by atoms with E-state index in [-0.39, 0.29) is 25.7 Å². The molecule has 21 heavy (non-hydrogen) atoms. The van der Waals surface area contributed by atoms with Crippen molar-refractivity contribution in [1.82, 2.24) is 10.6 Å². The summed E-state index contributed by atoms with van der Waals surface area (Å²) in [4.78, 5) is 33.4. The van der Waals surface area contributed by atoms with Gasteiger partial charge >= 0.3 is 12.0 Å². The fraction of sp³-hybridized carbons (Fsp3) is 0.769. The summed E-state index contributed by atoms with van der Waals surface area (Å²) < 4.78 is 4.88. The van der Waals surface area contributed by atoms with E-state index in [0.29, 0.717) is 0 Å². The van der Waals surface area contributed by atoms with Crippen LogP contribution in [-0.2, 0) is 14.3 Å². The molecule has 8 nitrogen and oxygen atoms in total. The van der Waals surface area contributed by atoms with Crippen LogP contribution < -0.4 is 16.4 Å². The van der Waals surface area contributed by atoms with E-state index in [1.54, 1.807) is 0 Å². The molecular formula is C13H23N3O5. The van der Waals surface area contributed by atoms with E-state index < -0.39 is 23.9 Å². The average Bonchev–Trinajstić information content (AvgIpc) is 2.44. The number of nitrogens with two attached hydrogens (primary N) is 1. The monoisotopic (exact) mass is 301 g/mol. The topological polar surface area (TPSA) is 131 Å². The minimum atomic E-state index is -1.01. The molecule has 1 aliphatic rings. The van der Waals surface area contributed by atoms with Gasteiger partial charge in [-0.05, 0) is 18.8 Å². The van der Waals surface area contributed by atoms with Crippen molar-refractivity contribution in [3.63, 3.8) is 0 Å². The van der Waals surface area contributed by atoms with E-state index in [1.807, 2.05) is 0 Å². The Balaban J connectivity index is 2.28. The highest BCUT2D eigenvalue weighted by atomic mass is 16.5. The van der Waals surface area contributed by atoms with Gasteiger partial charge in [-0.3, -0.25) is 4.79 Å². The van der Waals surface area contributed by atoms with Gasteiger partial charge in [-0.25, -0.2) is 9.59 Å². The number of nitrogens with one attached hydrogen (secondary N) is 2. The van der Waals surface area contributed by atoms with Gasteiger partial charge in [0.2, 0.25) is 5.91 Å². The Morgan fingerprint density at radius 1 is 1.24 bits per heavy atom. The summed E-state index contributed by atoms with van der Waals surface area (Å²) in [7, 11) is 0. The average molecular weight is 301 g/mol. The minimum Gasteiger partial charge on any atom is -0.480 e. The Morgan fingerprint density at radius 3 is 2.48 bits per heavy atom. The Labute approximate surface area is 123 Å². The molecule has 0 aromatic carbocycles. The SMILES string of the molecule is NC(=O)COCCNC(=O)NC(C(=O)O)C1CCCCC1. The summed E-state index contributed by atoms with van der Waals surface area (Å²) in [6, 6.07) is -1.41. The van der Waals surface area contributed by atoms with Gasteiger partial charge in [-0.1, -0.05) is 19.3 Å². The number of aliphatic carboxylic acids is 1. The van der Waals surface area contributed by atoms with Crippen molar-refractivity contribution in [2.75, 3.05) is 19.8 Å². The largest absolute Gasteiger partial charge is 0.480 e. The summed E-state index contributed by atoms with van der Waals surface area (Å²) in [5.74, 6) is -1.61. The van der Waals surface area contributed by atoms with Crippen LogP contribution in [0.2, 0.25) is 0 Å². The lowest BCUT2D eigenvalue weighted by molar-refractivity contribution is -0.141. The zero-order valence-corrected chi connectivity index (χ0v) is 12.0. The standard InChI is InChI=1S/C13H23N3O5/c14-10(17)8-21-7-6-15-13(20)16-11(12(18)19)9-4-2-1-3-5-9/h9,11H,1-8H2,(H2,14,17)(H,18,19)(H2,15,16,20). The van der Waals surface area contributed by atoms with Crippen LogP contribution in [0.25, 0.3) is 0 Å². The summed E-state index contributed by atoms with van der Waals surface area (Å²) >= 11 is 0. The molecule has 1 unspecified atom stereocenters. The number of ether oxygens (including phenoxy) is 1. The van der Waals surface area contributed by atoms with Gasteiger partial charge in [-0.15, -0.1) is 0 Å². The van der Waals surface area contributed by atoms with Crippen molar-refractivity contribution >= 4 is 17.9 Å². The normalized spacial score (nSPS) is 17.0. The highest BCUT2D eigenvalue weighted by Gasteiger charge is 2.30. The van der Waals surface area contributed by atoms with E-state index in [4.69, 9.17) is 10.5 Å². The quantitative estimate of drug-likeness (QED) is 0.462. The molecule has 120 valence electrons. The number of hydrogen-bond acceptors (Lipinski definition) is 4. The maximum atomic E-state index is 11.7. The third kappa shape index (κ3) is 6.94. The fourth-order valence-electron chi connectivity index (χ4n) is 2.45. The molecule has 1 atom stereocenters. The molecule has 0 spiro atoms. The van der Waals surface area contributed by atoms with Crippen molar-refractivity contribution in [3.05, 3.63) is 0 Å². The van der Waals surface area contributed by atoms with E-state index in [0.717, 1.165) is 32.1 Å². The van der Waals surface area contributed by atoms with Crippen molar-refractivity contribution < 1.29 is 24.2 Å². The Hall–Kier alpha value is -1.83. The molecule has 0 aromatic heterocycles. The predicted molar refractivity (Wildman–Crippen MR) is 74.5 cm³/mol. The van der Waals surface area contributed by atoms with Crippen molar-refractivity contribution in [1.29, 1.82) is 0 Å². The zero-order valence-electron chi connectivity index (χ0n) is 12.0. The van der Waals surface area contributed by atoms with Crippen LogP contribution in [0.3, 0.4) is 0 Å². The molecular weight excluding hydrogens is 278 g/mol. The van der Waals surface area contributed by atoms with Crippen LogP contribution in [0.5, 0.6) is 0 Å². The minimum absolute atomic E-state index is 0.0203. The Morgan fingerprint density at radius 2 is 1.90 bits per heavy atom. The number of carbonyl (C=O) groups is 3. The van der Waals surface area contributed by atoms with Gasteiger partial charge in [-0.2, -0.15) is 0 Å². The van der Waals surface area contributed by atoms with Crippen LogP contribution in [0.15, 0.2) is 0 Å². The molecule has 8 heteroatoms. The van der Waals surface area contributed by atoms with Crippen LogP contribution in [0, 0.1) is 5.92 Å². The zero-order chi connectivity index (χ0) is 15.7.